The molecule has 3 nitrogen and oxygen atoms in total. The Morgan fingerprint density at radius 3 is 2.05 bits per heavy atom. The van der Waals surface area contributed by atoms with E-state index in [0.29, 0.717) is 0 Å². The highest BCUT2D eigenvalue weighted by Crippen LogP contribution is 2.34. The number of sulfonamides is 1. The van der Waals surface area contributed by atoms with Gasteiger partial charge in [-0.2, -0.15) is 13.2 Å². The third-order valence-electron chi connectivity index (χ3n) is 2.66. The van der Waals surface area contributed by atoms with Crippen molar-refractivity contribution in [2.75, 3.05) is 4.72 Å². The molecule has 0 unspecified atom stereocenters. The lowest BCUT2D eigenvalue weighted by molar-refractivity contribution is -0.140. The SMILES string of the molecule is O=S(=O)(Nc1cc(F)c(C(F)(F)F)cc1F)c1ccccc1. The molecule has 0 amide bonds. The molecule has 0 heterocycles. The van der Waals surface area contributed by atoms with Gasteiger partial charge in [-0.1, -0.05) is 18.2 Å². The van der Waals surface area contributed by atoms with Crippen LogP contribution in [0.4, 0.5) is 27.6 Å². The van der Waals surface area contributed by atoms with Crippen LogP contribution < -0.4 is 4.72 Å². The van der Waals surface area contributed by atoms with Gasteiger partial charge in [0.15, 0.2) is 0 Å². The number of anilines is 1. The Bertz CT molecular complexity index is 788. The van der Waals surface area contributed by atoms with E-state index in [1.54, 1.807) is 4.72 Å². The number of alkyl halides is 3. The maximum atomic E-state index is 13.6. The Labute approximate surface area is 122 Å². The molecule has 0 fully saturated rings. The smallest absolute Gasteiger partial charge is 0.277 e. The Morgan fingerprint density at radius 2 is 1.50 bits per heavy atom. The van der Waals surface area contributed by atoms with Gasteiger partial charge in [-0.05, 0) is 18.2 Å². The highest BCUT2D eigenvalue weighted by Gasteiger charge is 2.35. The molecule has 2 rings (SSSR count). The lowest BCUT2D eigenvalue weighted by Gasteiger charge is -2.12. The van der Waals surface area contributed by atoms with Crippen molar-refractivity contribution in [1.29, 1.82) is 0 Å². The van der Waals surface area contributed by atoms with Crippen LogP contribution in [0.1, 0.15) is 5.56 Å². The molecule has 0 aliphatic heterocycles. The highest BCUT2D eigenvalue weighted by molar-refractivity contribution is 7.92. The predicted octanol–water partition coefficient (Wildman–Crippen LogP) is 3.78. The standard InChI is InChI=1S/C13H8F5NO2S/c14-10-7-12(11(15)6-9(10)13(16,17)18)19-22(20,21)8-4-2-1-3-5-8/h1-7,19H. The summed E-state index contributed by atoms with van der Waals surface area (Å²) in [5, 5.41) is 0. The van der Waals surface area contributed by atoms with Crippen molar-refractivity contribution in [3.05, 3.63) is 59.7 Å². The topological polar surface area (TPSA) is 46.2 Å². The van der Waals surface area contributed by atoms with Crippen molar-refractivity contribution in [2.24, 2.45) is 0 Å². The predicted molar refractivity (Wildman–Crippen MR) is 68.6 cm³/mol. The lowest BCUT2D eigenvalue weighted by Crippen LogP contribution is -2.16. The number of nitrogens with one attached hydrogen (secondary N) is 1. The van der Waals surface area contributed by atoms with Crippen molar-refractivity contribution in [3.63, 3.8) is 0 Å². The van der Waals surface area contributed by atoms with E-state index in [-0.39, 0.29) is 17.0 Å². The average Bonchev–Trinajstić information content (AvgIpc) is 2.42. The van der Waals surface area contributed by atoms with Crippen LogP contribution in [0.3, 0.4) is 0 Å². The van der Waals surface area contributed by atoms with E-state index in [2.05, 4.69) is 0 Å². The first-order valence-electron chi connectivity index (χ1n) is 5.75. The van der Waals surface area contributed by atoms with Crippen LogP contribution in [0.15, 0.2) is 47.4 Å². The number of hydrogen-bond donors (Lipinski definition) is 1. The molecule has 0 aromatic heterocycles. The second kappa shape index (κ2) is 5.56. The van der Waals surface area contributed by atoms with E-state index in [1.165, 1.54) is 30.3 Å². The molecule has 0 radical (unpaired) electrons. The first-order chi connectivity index (χ1) is 10.1. The molecular weight excluding hydrogens is 329 g/mol. The molecule has 9 heteroatoms. The summed E-state index contributed by atoms with van der Waals surface area (Å²) >= 11 is 0. The first kappa shape index (κ1) is 16.2. The fraction of sp³-hybridized carbons (Fsp3) is 0.0769. The fourth-order valence-electron chi connectivity index (χ4n) is 1.65. The summed E-state index contributed by atoms with van der Waals surface area (Å²) < 4.78 is 89.8. The lowest BCUT2D eigenvalue weighted by atomic mass is 10.2. The van der Waals surface area contributed by atoms with E-state index < -0.39 is 39.1 Å². The van der Waals surface area contributed by atoms with E-state index in [0.717, 1.165) is 0 Å². The Kier molecular flexibility index (Phi) is 4.10. The van der Waals surface area contributed by atoms with Crippen molar-refractivity contribution in [3.8, 4) is 0 Å². The van der Waals surface area contributed by atoms with Crippen LogP contribution >= 0.6 is 0 Å². The Hall–Kier alpha value is -2.16. The number of hydrogen-bond acceptors (Lipinski definition) is 2. The van der Waals surface area contributed by atoms with E-state index in [1.807, 2.05) is 0 Å². The normalized spacial score (nSPS) is 12.2. The summed E-state index contributed by atoms with van der Waals surface area (Å²) in [5.74, 6) is -3.31. The van der Waals surface area contributed by atoms with Crippen LogP contribution in [-0.4, -0.2) is 8.42 Å². The van der Waals surface area contributed by atoms with Gasteiger partial charge in [0.1, 0.15) is 11.6 Å². The van der Waals surface area contributed by atoms with Gasteiger partial charge < -0.3 is 0 Å². The maximum absolute atomic E-state index is 13.6. The van der Waals surface area contributed by atoms with Crippen molar-refractivity contribution in [1.82, 2.24) is 0 Å². The summed E-state index contributed by atoms with van der Waals surface area (Å²) in [6.07, 6.45) is -5.08. The van der Waals surface area contributed by atoms with Gasteiger partial charge in [-0.3, -0.25) is 4.72 Å². The molecule has 0 bridgehead atoms. The molecule has 22 heavy (non-hydrogen) atoms. The largest absolute Gasteiger partial charge is 0.419 e. The Morgan fingerprint density at radius 1 is 0.909 bits per heavy atom. The molecule has 0 saturated carbocycles. The van der Waals surface area contributed by atoms with Crippen LogP contribution in [0.25, 0.3) is 0 Å². The van der Waals surface area contributed by atoms with Gasteiger partial charge in [0, 0.05) is 6.07 Å². The van der Waals surface area contributed by atoms with Crippen LogP contribution in [0.2, 0.25) is 0 Å². The zero-order chi connectivity index (χ0) is 16.5. The molecule has 0 saturated heterocycles. The summed E-state index contributed by atoms with van der Waals surface area (Å²) in [6.45, 7) is 0. The van der Waals surface area contributed by atoms with Crippen LogP contribution in [0.5, 0.6) is 0 Å². The van der Waals surface area contributed by atoms with Gasteiger partial charge in [0.2, 0.25) is 0 Å². The average molecular weight is 337 g/mol. The molecule has 2 aromatic rings. The van der Waals surface area contributed by atoms with Crippen molar-refractivity contribution in [2.45, 2.75) is 11.1 Å². The van der Waals surface area contributed by atoms with Crippen LogP contribution in [0, 0.1) is 11.6 Å². The molecule has 0 spiro atoms. The quantitative estimate of drug-likeness (QED) is 0.867. The summed E-state index contributed by atoms with van der Waals surface area (Å²) in [5.41, 5.74) is -2.72. The molecular formula is C13H8F5NO2S. The van der Waals surface area contributed by atoms with E-state index >= 15 is 0 Å². The van der Waals surface area contributed by atoms with Gasteiger partial charge in [-0.15, -0.1) is 0 Å². The van der Waals surface area contributed by atoms with E-state index in [4.69, 9.17) is 0 Å². The first-order valence-corrected chi connectivity index (χ1v) is 7.24. The second-order valence-electron chi connectivity index (χ2n) is 4.23. The minimum atomic E-state index is -5.08. The third-order valence-corrected chi connectivity index (χ3v) is 4.04. The summed E-state index contributed by atoms with van der Waals surface area (Å²) in [4.78, 5) is -0.241. The fourth-order valence-corrected chi connectivity index (χ4v) is 2.72. The van der Waals surface area contributed by atoms with Crippen molar-refractivity contribution >= 4 is 15.7 Å². The molecule has 118 valence electrons. The highest BCUT2D eigenvalue weighted by atomic mass is 32.2. The third kappa shape index (κ3) is 3.35. The number of benzene rings is 2. The monoisotopic (exact) mass is 337 g/mol. The zero-order valence-electron chi connectivity index (χ0n) is 10.7. The van der Waals surface area contributed by atoms with Crippen molar-refractivity contribution < 1.29 is 30.4 Å². The maximum Gasteiger partial charge on any atom is 0.419 e. The molecule has 0 atom stereocenters. The minimum Gasteiger partial charge on any atom is -0.277 e. The van der Waals surface area contributed by atoms with Gasteiger partial charge >= 0.3 is 6.18 Å². The molecule has 2 aromatic carbocycles. The van der Waals surface area contributed by atoms with Gasteiger partial charge in [-0.25, -0.2) is 17.2 Å². The molecule has 1 N–H and O–H groups in total. The Balaban J connectivity index is 2.41. The van der Waals surface area contributed by atoms with Gasteiger partial charge in [0.05, 0.1) is 16.1 Å². The number of rotatable bonds is 3. The number of halogens is 5. The summed E-state index contributed by atoms with van der Waals surface area (Å²) in [7, 11) is -4.24. The molecule has 0 aliphatic carbocycles. The zero-order valence-corrected chi connectivity index (χ0v) is 11.5. The van der Waals surface area contributed by atoms with Gasteiger partial charge in [0.25, 0.3) is 10.0 Å². The molecule has 0 aliphatic rings. The second-order valence-corrected chi connectivity index (χ2v) is 5.91. The minimum absolute atomic E-state index is 0.0990. The summed E-state index contributed by atoms with van der Waals surface area (Å²) in [6, 6.07) is 6.78. The van der Waals surface area contributed by atoms with Crippen LogP contribution in [-0.2, 0) is 16.2 Å². The van der Waals surface area contributed by atoms with E-state index in [9.17, 15) is 30.4 Å².